The molecule has 0 heterocycles. The maximum absolute atomic E-state index is 12.0. The number of nitrogens with one attached hydrogen (secondary N) is 1. The van der Waals surface area contributed by atoms with E-state index in [0.29, 0.717) is 0 Å². The maximum Gasteiger partial charge on any atom is 0.245 e. The van der Waals surface area contributed by atoms with Gasteiger partial charge in [-0.25, -0.2) is 0 Å². The Bertz CT molecular complexity index is 531. The molecule has 1 aromatic carbocycles. The monoisotopic (exact) mass is 268 g/mol. The quantitative estimate of drug-likeness (QED) is 0.855. The van der Waals surface area contributed by atoms with Crippen molar-refractivity contribution in [3.63, 3.8) is 0 Å². The van der Waals surface area contributed by atoms with Crippen LogP contribution in [0.15, 0.2) is 30.3 Å². The van der Waals surface area contributed by atoms with Crippen LogP contribution in [0.25, 0.3) is 6.08 Å². The summed E-state index contributed by atoms with van der Waals surface area (Å²) in [6, 6.07) is 10.3. The number of aryl methyl sites for hydroxylation is 1. The van der Waals surface area contributed by atoms with Gasteiger partial charge in [0.2, 0.25) is 5.91 Å². The first kappa shape index (κ1) is 14.3. The first-order valence-electron chi connectivity index (χ1n) is 7.12. The predicted octanol–water partition coefficient (Wildman–Crippen LogP) is 3.35. The second-order valence-electron chi connectivity index (χ2n) is 5.49. The molecule has 3 nitrogen and oxygen atoms in total. The highest BCUT2D eigenvalue weighted by atomic mass is 16.1. The zero-order valence-corrected chi connectivity index (χ0v) is 11.9. The molecule has 1 saturated carbocycles. The summed E-state index contributed by atoms with van der Waals surface area (Å²) in [5.41, 5.74) is 1.52. The molecule has 1 N–H and O–H groups in total. The minimum absolute atomic E-state index is 0.186. The number of nitriles is 1. The smallest absolute Gasteiger partial charge is 0.245 e. The van der Waals surface area contributed by atoms with Crippen LogP contribution < -0.4 is 5.32 Å². The van der Waals surface area contributed by atoms with Gasteiger partial charge >= 0.3 is 0 Å². The second kappa shape index (κ2) is 6.38. The summed E-state index contributed by atoms with van der Waals surface area (Å²) in [6.07, 6.45) is 7.98. The van der Waals surface area contributed by atoms with Crippen LogP contribution in [0.3, 0.4) is 0 Å². The molecule has 1 aliphatic rings. The molecule has 1 aromatic rings. The van der Waals surface area contributed by atoms with E-state index in [1.54, 1.807) is 6.08 Å². The first-order chi connectivity index (χ1) is 9.63. The van der Waals surface area contributed by atoms with Crippen molar-refractivity contribution in [2.75, 3.05) is 0 Å². The minimum atomic E-state index is -0.660. The van der Waals surface area contributed by atoms with E-state index in [0.717, 1.165) is 37.7 Å². The molecule has 104 valence electrons. The summed E-state index contributed by atoms with van der Waals surface area (Å²) in [5.74, 6) is -0.186. The van der Waals surface area contributed by atoms with Gasteiger partial charge in [0.1, 0.15) is 5.54 Å². The van der Waals surface area contributed by atoms with Gasteiger partial charge in [0.15, 0.2) is 0 Å². The molecule has 1 fully saturated rings. The molecule has 1 amide bonds. The molecule has 0 aliphatic heterocycles. The Balaban J connectivity index is 1.98. The SMILES string of the molecule is Cc1ccc(/C=C/C(=O)NC2(C#N)CCCCC2)cc1. The van der Waals surface area contributed by atoms with Crippen molar-refractivity contribution in [3.05, 3.63) is 41.5 Å². The number of hydrogen-bond acceptors (Lipinski definition) is 2. The average molecular weight is 268 g/mol. The molecule has 3 heteroatoms. The van der Waals surface area contributed by atoms with Gasteiger partial charge in [0, 0.05) is 6.08 Å². The zero-order chi connectivity index (χ0) is 14.4. The van der Waals surface area contributed by atoms with Crippen LogP contribution >= 0.6 is 0 Å². The molecule has 0 aromatic heterocycles. The molecule has 0 atom stereocenters. The van der Waals surface area contributed by atoms with E-state index in [2.05, 4.69) is 11.4 Å². The van der Waals surface area contributed by atoms with E-state index >= 15 is 0 Å². The third kappa shape index (κ3) is 3.71. The van der Waals surface area contributed by atoms with Crippen LogP contribution in [0, 0.1) is 18.3 Å². The normalized spacial score (nSPS) is 17.6. The fraction of sp³-hybridized carbons (Fsp3) is 0.412. The standard InChI is InChI=1S/C17H20N2O/c1-14-5-7-15(8-6-14)9-10-16(20)19-17(13-18)11-3-2-4-12-17/h5-10H,2-4,11-12H2,1H3,(H,19,20)/b10-9+. The van der Waals surface area contributed by atoms with Gasteiger partial charge in [-0.2, -0.15) is 5.26 Å². The van der Waals surface area contributed by atoms with Crippen molar-refractivity contribution in [1.29, 1.82) is 5.26 Å². The molecule has 0 saturated heterocycles. The third-order valence-electron chi connectivity index (χ3n) is 3.79. The predicted molar refractivity (Wildman–Crippen MR) is 79.8 cm³/mol. The van der Waals surface area contributed by atoms with Crippen molar-refractivity contribution in [2.24, 2.45) is 0 Å². The van der Waals surface area contributed by atoms with Gasteiger partial charge in [0.25, 0.3) is 0 Å². The Kier molecular flexibility index (Phi) is 4.57. The van der Waals surface area contributed by atoms with E-state index in [9.17, 15) is 10.1 Å². The molecule has 0 spiro atoms. The number of rotatable bonds is 3. The molecular weight excluding hydrogens is 248 g/mol. The van der Waals surface area contributed by atoms with Crippen LogP contribution in [0.4, 0.5) is 0 Å². The second-order valence-corrected chi connectivity index (χ2v) is 5.49. The van der Waals surface area contributed by atoms with Gasteiger partial charge in [0.05, 0.1) is 6.07 Å². The van der Waals surface area contributed by atoms with Gasteiger partial charge in [-0.3, -0.25) is 4.79 Å². The minimum Gasteiger partial charge on any atom is -0.334 e. The van der Waals surface area contributed by atoms with Crippen LogP contribution in [-0.2, 0) is 4.79 Å². The number of nitrogens with zero attached hydrogens (tertiary/aromatic N) is 1. The summed E-state index contributed by atoms with van der Waals surface area (Å²) >= 11 is 0. The lowest BCUT2D eigenvalue weighted by molar-refractivity contribution is -0.118. The van der Waals surface area contributed by atoms with E-state index in [1.807, 2.05) is 31.2 Å². The average Bonchev–Trinajstić information content (AvgIpc) is 2.47. The fourth-order valence-corrected chi connectivity index (χ4v) is 2.55. The number of benzene rings is 1. The molecule has 2 rings (SSSR count). The summed E-state index contributed by atoms with van der Waals surface area (Å²) in [7, 11) is 0. The van der Waals surface area contributed by atoms with Crippen LogP contribution in [0.2, 0.25) is 0 Å². The molecular formula is C17H20N2O. The summed E-state index contributed by atoms with van der Waals surface area (Å²) in [6.45, 7) is 2.03. The molecule has 0 unspecified atom stereocenters. The lowest BCUT2D eigenvalue weighted by Gasteiger charge is -2.31. The van der Waals surface area contributed by atoms with Crippen LogP contribution in [-0.4, -0.2) is 11.4 Å². The van der Waals surface area contributed by atoms with Crippen molar-refractivity contribution in [1.82, 2.24) is 5.32 Å². The van der Waals surface area contributed by atoms with Gasteiger partial charge in [-0.1, -0.05) is 49.1 Å². The number of hydrogen-bond donors (Lipinski definition) is 1. The Morgan fingerprint density at radius 3 is 2.50 bits per heavy atom. The van der Waals surface area contributed by atoms with Crippen LogP contribution in [0.1, 0.15) is 43.2 Å². The van der Waals surface area contributed by atoms with E-state index in [4.69, 9.17) is 0 Å². The highest BCUT2D eigenvalue weighted by Crippen LogP contribution is 2.27. The Hall–Kier alpha value is -2.08. The van der Waals surface area contributed by atoms with Crippen LogP contribution in [0.5, 0.6) is 0 Å². The largest absolute Gasteiger partial charge is 0.334 e. The van der Waals surface area contributed by atoms with Gasteiger partial charge in [-0.05, 0) is 31.4 Å². The number of carbonyl (C=O) groups excluding carboxylic acids is 1. The van der Waals surface area contributed by atoms with Crippen molar-refractivity contribution in [2.45, 2.75) is 44.6 Å². The number of amides is 1. The maximum atomic E-state index is 12.0. The lowest BCUT2D eigenvalue weighted by Crippen LogP contribution is -2.48. The van der Waals surface area contributed by atoms with Crippen molar-refractivity contribution < 1.29 is 4.79 Å². The van der Waals surface area contributed by atoms with E-state index in [-0.39, 0.29) is 5.91 Å². The number of carbonyl (C=O) groups is 1. The van der Waals surface area contributed by atoms with Crippen molar-refractivity contribution in [3.8, 4) is 6.07 Å². The van der Waals surface area contributed by atoms with Gasteiger partial charge in [-0.15, -0.1) is 0 Å². The Morgan fingerprint density at radius 1 is 1.25 bits per heavy atom. The summed E-state index contributed by atoms with van der Waals surface area (Å²) in [5, 5.41) is 12.2. The molecule has 1 aliphatic carbocycles. The third-order valence-corrected chi connectivity index (χ3v) is 3.79. The molecule has 0 radical (unpaired) electrons. The molecule has 20 heavy (non-hydrogen) atoms. The first-order valence-corrected chi connectivity index (χ1v) is 7.12. The van der Waals surface area contributed by atoms with Crippen molar-refractivity contribution >= 4 is 12.0 Å². The van der Waals surface area contributed by atoms with E-state index in [1.165, 1.54) is 11.6 Å². The highest BCUT2D eigenvalue weighted by Gasteiger charge is 2.32. The highest BCUT2D eigenvalue weighted by molar-refractivity contribution is 5.92. The zero-order valence-electron chi connectivity index (χ0n) is 11.9. The topological polar surface area (TPSA) is 52.9 Å². The lowest BCUT2D eigenvalue weighted by atomic mass is 9.83. The Labute approximate surface area is 120 Å². The fourth-order valence-electron chi connectivity index (χ4n) is 2.55. The Morgan fingerprint density at radius 2 is 1.90 bits per heavy atom. The summed E-state index contributed by atoms with van der Waals surface area (Å²) in [4.78, 5) is 12.0. The summed E-state index contributed by atoms with van der Waals surface area (Å²) < 4.78 is 0. The van der Waals surface area contributed by atoms with Gasteiger partial charge < -0.3 is 5.32 Å². The molecule has 0 bridgehead atoms. The van der Waals surface area contributed by atoms with E-state index < -0.39 is 5.54 Å².